The van der Waals surface area contributed by atoms with Crippen LogP contribution in [-0.4, -0.2) is 22.8 Å². The van der Waals surface area contributed by atoms with Gasteiger partial charge in [0.05, 0.1) is 6.10 Å². The van der Waals surface area contributed by atoms with E-state index >= 15 is 0 Å². The van der Waals surface area contributed by atoms with Crippen LogP contribution in [0.4, 0.5) is 0 Å². The lowest BCUT2D eigenvalue weighted by molar-refractivity contribution is -0.126. The monoisotopic (exact) mass is 218 g/mol. The highest BCUT2D eigenvalue weighted by molar-refractivity contribution is 6.11. The predicted octanol–water partition coefficient (Wildman–Crippen LogP) is 1.60. The van der Waals surface area contributed by atoms with Gasteiger partial charge in [0.1, 0.15) is 11.7 Å². The minimum atomic E-state index is -0.851. The van der Waals surface area contributed by atoms with E-state index in [0.717, 1.165) is 0 Å². The highest BCUT2D eigenvalue weighted by Gasteiger charge is 2.36. The van der Waals surface area contributed by atoms with Crippen molar-refractivity contribution < 1.29 is 14.7 Å². The summed E-state index contributed by atoms with van der Waals surface area (Å²) >= 11 is 0. The maximum Gasteiger partial charge on any atom is 0.175 e. The quantitative estimate of drug-likeness (QED) is 0.606. The fraction of sp³-hybridized carbons (Fsp3) is 0.385. The number of ketones is 2. The Kier molecular flexibility index (Phi) is 3.15. The molecule has 2 atom stereocenters. The maximum atomic E-state index is 12.0. The molecule has 0 amide bonds. The van der Waals surface area contributed by atoms with E-state index in [1.165, 1.54) is 0 Å². The first-order valence-corrected chi connectivity index (χ1v) is 5.50. The average molecular weight is 218 g/mol. The molecule has 1 saturated carbocycles. The highest BCUT2D eigenvalue weighted by atomic mass is 16.3. The van der Waals surface area contributed by atoms with Crippen LogP contribution in [0.25, 0.3) is 0 Å². The zero-order chi connectivity index (χ0) is 11.5. The first-order valence-electron chi connectivity index (χ1n) is 5.50. The van der Waals surface area contributed by atoms with E-state index in [4.69, 9.17) is 0 Å². The number of Topliss-reactive ketones (excluding diaryl/α,β-unsaturated/α-hetero) is 2. The number of aliphatic hydroxyl groups excluding tert-OH is 1. The van der Waals surface area contributed by atoms with Gasteiger partial charge in [-0.05, 0) is 12.8 Å². The smallest absolute Gasteiger partial charge is 0.175 e. The van der Waals surface area contributed by atoms with Crippen LogP contribution in [0.5, 0.6) is 0 Å². The molecular formula is C13H14O3. The molecule has 1 N–H and O–H groups in total. The van der Waals surface area contributed by atoms with E-state index in [1.807, 2.05) is 6.07 Å². The van der Waals surface area contributed by atoms with E-state index in [9.17, 15) is 14.7 Å². The van der Waals surface area contributed by atoms with Crippen molar-refractivity contribution in [2.45, 2.75) is 25.4 Å². The summed E-state index contributed by atoms with van der Waals surface area (Å²) in [7, 11) is 0. The van der Waals surface area contributed by atoms with E-state index in [2.05, 4.69) is 0 Å². The zero-order valence-corrected chi connectivity index (χ0v) is 8.93. The van der Waals surface area contributed by atoms with Crippen molar-refractivity contribution in [3.63, 3.8) is 0 Å². The third-order valence-electron chi connectivity index (χ3n) is 3.00. The van der Waals surface area contributed by atoms with Gasteiger partial charge in [-0.15, -0.1) is 0 Å². The Hall–Kier alpha value is -1.48. The SMILES string of the molecule is O=C1CCC[C@H](O)C1C(=O)c1ccccc1. The highest BCUT2D eigenvalue weighted by Crippen LogP contribution is 2.24. The lowest BCUT2D eigenvalue weighted by Crippen LogP contribution is -2.38. The van der Waals surface area contributed by atoms with Crippen molar-refractivity contribution in [3.05, 3.63) is 35.9 Å². The Balaban J connectivity index is 2.23. The van der Waals surface area contributed by atoms with Crippen LogP contribution in [0.15, 0.2) is 30.3 Å². The standard InChI is InChI=1S/C13H14O3/c14-10-7-4-8-11(15)12(10)13(16)9-5-2-1-3-6-9/h1-3,5-6,10,12,14H,4,7-8H2/t10-,12?/m0/s1. The van der Waals surface area contributed by atoms with Crippen molar-refractivity contribution in [1.29, 1.82) is 0 Å². The van der Waals surface area contributed by atoms with Crippen LogP contribution in [-0.2, 0) is 4.79 Å². The molecule has 1 aliphatic carbocycles. The predicted molar refractivity (Wildman–Crippen MR) is 59.1 cm³/mol. The Labute approximate surface area is 94.1 Å². The van der Waals surface area contributed by atoms with Gasteiger partial charge in [0.2, 0.25) is 0 Å². The molecule has 0 aromatic heterocycles. The van der Waals surface area contributed by atoms with Gasteiger partial charge in [0, 0.05) is 12.0 Å². The molecule has 0 spiro atoms. The summed E-state index contributed by atoms with van der Waals surface area (Å²) < 4.78 is 0. The Morgan fingerprint density at radius 1 is 1.25 bits per heavy atom. The molecule has 1 unspecified atom stereocenters. The van der Waals surface area contributed by atoms with E-state index < -0.39 is 12.0 Å². The lowest BCUT2D eigenvalue weighted by atomic mass is 9.80. The summed E-state index contributed by atoms with van der Waals surface area (Å²) in [6, 6.07) is 8.68. The number of carbonyl (C=O) groups excluding carboxylic acids is 2. The molecule has 3 nitrogen and oxygen atoms in total. The van der Waals surface area contributed by atoms with Crippen LogP contribution in [0.3, 0.4) is 0 Å². The number of aliphatic hydroxyl groups is 1. The molecule has 2 rings (SSSR count). The first kappa shape index (κ1) is 11.0. The van der Waals surface area contributed by atoms with Gasteiger partial charge >= 0.3 is 0 Å². The summed E-state index contributed by atoms with van der Waals surface area (Å²) in [5.74, 6) is -1.23. The molecular weight excluding hydrogens is 204 g/mol. The molecule has 0 saturated heterocycles. The van der Waals surface area contributed by atoms with Crippen LogP contribution in [0, 0.1) is 5.92 Å². The summed E-state index contributed by atoms with van der Waals surface area (Å²) in [5.41, 5.74) is 0.502. The van der Waals surface area contributed by atoms with Crippen molar-refractivity contribution in [2.24, 2.45) is 5.92 Å². The zero-order valence-electron chi connectivity index (χ0n) is 8.93. The molecule has 1 aliphatic rings. The summed E-state index contributed by atoms with van der Waals surface area (Å²) in [5, 5.41) is 9.73. The second-order valence-corrected chi connectivity index (χ2v) is 4.13. The van der Waals surface area contributed by atoms with Gasteiger partial charge in [0.15, 0.2) is 5.78 Å². The van der Waals surface area contributed by atoms with Crippen molar-refractivity contribution in [2.75, 3.05) is 0 Å². The van der Waals surface area contributed by atoms with E-state index in [-0.39, 0.29) is 11.6 Å². The molecule has 3 heteroatoms. The topological polar surface area (TPSA) is 54.4 Å². The Bertz CT molecular complexity index is 397. The van der Waals surface area contributed by atoms with Crippen molar-refractivity contribution in [3.8, 4) is 0 Å². The molecule has 84 valence electrons. The molecule has 0 bridgehead atoms. The third kappa shape index (κ3) is 2.04. The van der Waals surface area contributed by atoms with Gasteiger partial charge < -0.3 is 5.11 Å². The number of carbonyl (C=O) groups is 2. The van der Waals surface area contributed by atoms with Crippen LogP contribution in [0.1, 0.15) is 29.6 Å². The normalized spacial score (nSPS) is 25.4. The third-order valence-corrected chi connectivity index (χ3v) is 3.00. The number of benzene rings is 1. The van der Waals surface area contributed by atoms with E-state index in [1.54, 1.807) is 24.3 Å². The van der Waals surface area contributed by atoms with Gasteiger partial charge in [-0.1, -0.05) is 30.3 Å². The molecule has 1 fully saturated rings. The largest absolute Gasteiger partial charge is 0.392 e. The second kappa shape index (κ2) is 4.58. The number of hydrogen-bond donors (Lipinski definition) is 1. The van der Waals surface area contributed by atoms with Crippen molar-refractivity contribution >= 4 is 11.6 Å². The number of hydrogen-bond acceptors (Lipinski definition) is 3. The second-order valence-electron chi connectivity index (χ2n) is 4.13. The Morgan fingerprint density at radius 2 is 1.94 bits per heavy atom. The molecule has 0 radical (unpaired) electrons. The van der Waals surface area contributed by atoms with Gasteiger partial charge in [-0.2, -0.15) is 0 Å². The summed E-state index contributed by atoms with van der Waals surface area (Å²) in [6.45, 7) is 0. The summed E-state index contributed by atoms with van der Waals surface area (Å²) in [6.07, 6.45) is 0.808. The minimum absolute atomic E-state index is 0.132. The van der Waals surface area contributed by atoms with Crippen LogP contribution < -0.4 is 0 Å². The molecule has 16 heavy (non-hydrogen) atoms. The van der Waals surface area contributed by atoms with E-state index in [0.29, 0.717) is 24.8 Å². The van der Waals surface area contributed by atoms with Crippen molar-refractivity contribution in [1.82, 2.24) is 0 Å². The van der Waals surface area contributed by atoms with Gasteiger partial charge in [-0.3, -0.25) is 9.59 Å². The first-order chi connectivity index (χ1) is 7.70. The van der Waals surface area contributed by atoms with Gasteiger partial charge in [0.25, 0.3) is 0 Å². The lowest BCUT2D eigenvalue weighted by Gasteiger charge is -2.25. The minimum Gasteiger partial charge on any atom is -0.392 e. The number of rotatable bonds is 2. The molecule has 0 heterocycles. The van der Waals surface area contributed by atoms with Crippen LogP contribution in [0.2, 0.25) is 0 Å². The fourth-order valence-corrected chi connectivity index (χ4v) is 2.13. The van der Waals surface area contributed by atoms with Crippen LogP contribution >= 0.6 is 0 Å². The fourth-order valence-electron chi connectivity index (χ4n) is 2.13. The summed E-state index contributed by atoms with van der Waals surface area (Å²) in [4.78, 5) is 23.7. The molecule has 0 aliphatic heterocycles. The van der Waals surface area contributed by atoms with Gasteiger partial charge in [-0.25, -0.2) is 0 Å². The Morgan fingerprint density at radius 3 is 2.56 bits per heavy atom. The molecule has 1 aromatic carbocycles. The average Bonchev–Trinajstić information content (AvgIpc) is 2.30. The molecule has 1 aromatic rings. The maximum absolute atomic E-state index is 12.0.